The highest BCUT2D eigenvalue weighted by Gasteiger charge is 2.31. The van der Waals surface area contributed by atoms with E-state index in [1.54, 1.807) is 0 Å². The van der Waals surface area contributed by atoms with E-state index in [1.807, 2.05) is 44.2 Å². The summed E-state index contributed by atoms with van der Waals surface area (Å²) in [7, 11) is 0. The maximum atomic E-state index is 12.6. The molecule has 2 amide bonds. The minimum Gasteiger partial charge on any atom is -0.481 e. The van der Waals surface area contributed by atoms with Crippen LogP contribution in [0.2, 0.25) is 0 Å². The zero-order chi connectivity index (χ0) is 20.5. The first-order valence-electron chi connectivity index (χ1n) is 9.80. The van der Waals surface area contributed by atoms with Gasteiger partial charge in [-0.1, -0.05) is 44.2 Å². The van der Waals surface area contributed by atoms with Crippen molar-refractivity contribution in [2.75, 3.05) is 19.8 Å². The molecule has 1 saturated heterocycles. The quantitative estimate of drug-likeness (QED) is 0.594. The number of hydrogen-bond acceptors (Lipinski definition) is 4. The van der Waals surface area contributed by atoms with Gasteiger partial charge in [0.25, 0.3) is 0 Å². The third-order valence-corrected chi connectivity index (χ3v) is 5.12. The Balaban J connectivity index is 1.91. The van der Waals surface area contributed by atoms with Gasteiger partial charge in [-0.05, 0) is 30.2 Å². The number of ether oxygens (including phenoxy) is 1. The molecule has 2 atom stereocenters. The van der Waals surface area contributed by atoms with E-state index in [0.29, 0.717) is 26.1 Å². The lowest BCUT2D eigenvalue weighted by atomic mass is 9.86. The van der Waals surface area contributed by atoms with Crippen LogP contribution in [0.4, 0.5) is 0 Å². The lowest BCUT2D eigenvalue weighted by Gasteiger charge is -2.28. The Hall–Kier alpha value is -2.41. The molecule has 2 unspecified atom stereocenters. The Morgan fingerprint density at radius 3 is 2.36 bits per heavy atom. The molecular weight excluding hydrogens is 360 g/mol. The van der Waals surface area contributed by atoms with Crippen molar-refractivity contribution in [3.63, 3.8) is 0 Å². The summed E-state index contributed by atoms with van der Waals surface area (Å²) in [6, 6.07) is 8.60. The Labute approximate surface area is 165 Å². The van der Waals surface area contributed by atoms with Gasteiger partial charge >= 0.3 is 5.97 Å². The molecule has 0 aliphatic carbocycles. The number of benzene rings is 1. The first-order chi connectivity index (χ1) is 13.4. The first-order valence-corrected chi connectivity index (χ1v) is 9.80. The maximum Gasteiger partial charge on any atom is 0.308 e. The summed E-state index contributed by atoms with van der Waals surface area (Å²) >= 11 is 0. The molecule has 1 aliphatic heterocycles. The third kappa shape index (κ3) is 6.64. The van der Waals surface area contributed by atoms with Crippen LogP contribution in [-0.4, -0.2) is 48.7 Å². The van der Waals surface area contributed by atoms with Gasteiger partial charge in [0.2, 0.25) is 11.8 Å². The predicted molar refractivity (Wildman–Crippen MR) is 105 cm³/mol. The van der Waals surface area contributed by atoms with Crippen LogP contribution in [0.1, 0.15) is 32.3 Å². The van der Waals surface area contributed by atoms with Crippen molar-refractivity contribution in [2.45, 2.75) is 39.2 Å². The molecule has 154 valence electrons. The monoisotopic (exact) mass is 390 g/mol. The number of amides is 2. The predicted octanol–water partition coefficient (Wildman–Crippen LogP) is 1.61. The van der Waals surface area contributed by atoms with Gasteiger partial charge in [0.1, 0.15) is 6.04 Å². The number of nitrogens with one attached hydrogen (secondary N) is 2. The highest BCUT2D eigenvalue weighted by atomic mass is 16.5. The van der Waals surface area contributed by atoms with Gasteiger partial charge in [-0.15, -0.1) is 0 Å². The SMILES string of the molecule is CC(C)C(NC(=O)Cc1ccccc1)C(=O)NCC(C(=O)O)C1CCOCC1. The highest BCUT2D eigenvalue weighted by molar-refractivity contribution is 5.88. The van der Waals surface area contributed by atoms with E-state index in [9.17, 15) is 19.5 Å². The Morgan fingerprint density at radius 2 is 1.79 bits per heavy atom. The van der Waals surface area contributed by atoms with Crippen molar-refractivity contribution in [3.8, 4) is 0 Å². The second-order valence-electron chi connectivity index (χ2n) is 7.59. The smallest absolute Gasteiger partial charge is 0.308 e. The van der Waals surface area contributed by atoms with E-state index in [2.05, 4.69) is 10.6 Å². The van der Waals surface area contributed by atoms with Crippen molar-refractivity contribution in [1.82, 2.24) is 10.6 Å². The first kappa shape index (κ1) is 21.9. The Morgan fingerprint density at radius 1 is 1.14 bits per heavy atom. The van der Waals surface area contributed by atoms with E-state index in [-0.39, 0.29) is 36.6 Å². The molecule has 0 radical (unpaired) electrons. The topological polar surface area (TPSA) is 105 Å². The molecule has 3 N–H and O–H groups in total. The molecule has 1 fully saturated rings. The lowest BCUT2D eigenvalue weighted by molar-refractivity contribution is -0.145. The van der Waals surface area contributed by atoms with Crippen LogP contribution >= 0.6 is 0 Å². The number of rotatable bonds is 9. The van der Waals surface area contributed by atoms with Crippen molar-refractivity contribution >= 4 is 17.8 Å². The fourth-order valence-electron chi connectivity index (χ4n) is 3.43. The van der Waals surface area contributed by atoms with Gasteiger partial charge in [-0.25, -0.2) is 0 Å². The molecule has 28 heavy (non-hydrogen) atoms. The zero-order valence-corrected chi connectivity index (χ0v) is 16.5. The molecule has 7 nitrogen and oxygen atoms in total. The van der Waals surface area contributed by atoms with Gasteiger partial charge in [0.05, 0.1) is 12.3 Å². The molecule has 2 rings (SSSR count). The van der Waals surface area contributed by atoms with Gasteiger partial charge in [-0.3, -0.25) is 14.4 Å². The van der Waals surface area contributed by atoms with E-state index in [4.69, 9.17) is 4.74 Å². The number of carboxylic acids is 1. The standard InChI is InChI=1S/C21H30N2O5/c1-14(2)19(23-18(24)12-15-6-4-3-5-7-15)20(25)22-13-17(21(26)27)16-8-10-28-11-9-16/h3-7,14,16-17,19H,8-13H2,1-2H3,(H,22,25)(H,23,24)(H,26,27). The number of aliphatic carboxylic acids is 1. The summed E-state index contributed by atoms with van der Waals surface area (Å²) in [6.45, 7) is 4.84. The number of carbonyl (C=O) groups is 3. The van der Waals surface area contributed by atoms with Crippen LogP contribution < -0.4 is 10.6 Å². The fraction of sp³-hybridized carbons (Fsp3) is 0.571. The molecule has 1 heterocycles. The summed E-state index contributed by atoms with van der Waals surface area (Å²) in [5, 5.41) is 15.0. The summed E-state index contributed by atoms with van der Waals surface area (Å²) in [4.78, 5) is 36.6. The second-order valence-corrected chi connectivity index (χ2v) is 7.59. The second kappa shape index (κ2) is 10.8. The minimum atomic E-state index is -0.915. The van der Waals surface area contributed by atoms with Gasteiger partial charge < -0.3 is 20.5 Å². The molecule has 1 aromatic rings. The van der Waals surface area contributed by atoms with E-state index in [0.717, 1.165) is 5.56 Å². The van der Waals surface area contributed by atoms with Crippen molar-refractivity contribution in [3.05, 3.63) is 35.9 Å². The highest BCUT2D eigenvalue weighted by Crippen LogP contribution is 2.23. The summed E-state index contributed by atoms with van der Waals surface area (Å²) in [5.74, 6) is -2.29. The number of carboxylic acid groups (broad SMARTS) is 1. The summed E-state index contributed by atoms with van der Waals surface area (Å²) < 4.78 is 5.29. The Bertz CT molecular complexity index is 656. The summed E-state index contributed by atoms with van der Waals surface area (Å²) in [6.07, 6.45) is 1.54. The maximum absolute atomic E-state index is 12.6. The summed E-state index contributed by atoms with van der Waals surface area (Å²) in [5.41, 5.74) is 0.869. The van der Waals surface area contributed by atoms with Gasteiger partial charge in [-0.2, -0.15) is 0 Å². The molecule has 7 heteroatoms. The largest absolute Gasteiger partial charge is 0.481 e. The van der Waals surface area contributed by atoms with Crippen LogP contribution in [0.3, 0.4) is 0 Å². The van der Waals surface area contributed by atoms with Crippen molar-refractivity contribution in [1.29, 1.82) is 0 Å². The van der Waals surface area contributed by atoms with E-state index >= 15 is 0 Å². The average molecular weight is 390 g/mol. The molecule has 0 bridgehead atoms. The lowest BCUT2D eigenvalue weighted by Crippen LogP contribution is -2.51. The normalized spacial score (nSPS) is 17.0. The third-order valence-electron chi connectivity index (χ3n) is 5.12. The van der Waals surface area contributed by atoms with Crippen LogP contribution in [0.5, 0.6) is 0 Å². The number of carbonyl (C=O) groups excluding carboxylic acids is 2. The molecule has 1 aliphatic rings. The van der Waals surface area contributed by atoms with Crippen LogP contribution in [-0.2, 0) is 25.5 Å². The van der Waals surface area contributed by atoms with Crippen LogP contribution in [0.15, 0.2) is 30.3 Å². The molecule has 0 aromatic heterocycles. The van der Waals surface area contributed by atoms with Gasteiger partial charge in [0.15, 0.2) is 0 Å². The minimum absolute atomic E-state index is 0.0169. The van der Waals surface area contributed by atoms with Crippen molar-refractivity contribution in [2.24, 2.45) is 17.8 Å². The molecule has 0 saturated carbocycles. The van der Waals surface area contributed by atoms with Crippen LogP contribution in [0.25, 0.3) is 0 Å². The fourth-order valence-corrected chi connectivity index (χ4v) is 3.43. The Kier molecular flexibility index (Phi) is 8.44. The zero-order valence-electron chi connectivity index (χ0n) is 16.5. The van der Waals surface area contributed by atoms with Crippen molar-refractivity contribution < 1.29 is 24.2 Å². The molecule has 0 spiro atoms. The molecular formula is C21H30N2O5. The average Bonchev–Trinajstić information content (AvgIpc) is 2.67. The van der Waals surface area contributed by atoms with Gasteiger partial charge in [0, 0.05) is 19.8 Å². The molecule has 1 aromatic carbocycles. The number of hydrogen-bond donors (Lipinski definition) is 3. The van der Waals surface area contributed by atoms with E-state index in [1.165, 1.54) is 0 Å². The van der Waals surface area contributed by atoms with E-state index < -0.39 is 17.9 Å². The van der Waals surface area contributed by atoms with Crippen LogP contribution in [0, 0.1) is 17.8 Å².